The van der Waals surface area contributed by atoms with Gasteiger partial charge in [-0.2, -0.15) is 12.7 Å². The Bertz CT molecular complexity index is 475. The maximum Gasteiger partial charge on any atom is 0.301 e. The summed E-state index contributed by atoms with van der Waals surface area (Å²) in [6.07, 6.45) is 0.657. The molecule has 0 amide bonds. The summed E-state index contributed by atoms with van der Waals surface area (Å²) in [5, 5.41) is 0. The van der Waals surface area contributed by atoms with E-state index in [1.165, 1.54) is 4.31 Å². The van der Waals surface area contributed by atoms with Crippen molar-refractivity contribution in [1.82, 2.24) is 4.31 Å². The van der Waals surface area contributed by atoms with Crippen LogP contribution in [0.5, 0.6) is 0 Å². The van der Waals surface area contributed by atoms with Crippen molar-refractivity contribution >= 4 is 27.5 Å². The number of fused-ring (bicyclic) bond motifs is 1. The van der Waals surface area contributed by atoms with Gasteiger partial charge in [-0.05, 0) is 18.1 Å². The summed E-state index contributed by atoms with van der Waals surface area (Å²) in [5.74, 6) is 0.466. The third kappa shape index (κ3) is 2.31. The Morgan fingerprint density at radius 1 is 1.38 bits per heavy atom. The third-order valence-electron chi connectivity index (χ3n) is 2.48. The quantitative estimate of drug-likeness (QED) is 0.843. The fourth-order valence-electron chi connectivity index (χ4n) is 1.67. The molecule has 0 radical (unpaired) electrons. The number of hydrogen-bond acceptors (Lipinski definition) is 2. The first-order valence-corrected chi connectivity index (χ1v) is 7.03. The van der Waals surface area contributed by atoms with Crippen LogP contribution in [0.15, 0.2) is 24.3 Å². The fraction of sp³-hybridized carbons (Fsp3) is 0.400. The highest BCUT2D eigenvalue weighted by Gasteiger charge is 2.27. The maximum atomic E-state index is 11.8. The summed E-state index contributed by atoms with van der Waals surface area (Å²) in [4.78, 5) is 0. The molecule has 0 atom stereocenters. The standard InChI is InChI=1S/C10H13ClN2O2S/c11-6-3-7-13-8-9-4-1-2-5-10(9)12-16(13,14)15/h1-2,4-5,12H,3,6-8H2. The lowest BCUT2D eigenvalue weighted by molar-refractivity contribution is 0.405. The number of rotatable bonds is 3. The number of nitrogens with one attached hydrogen (secondary N) is 1. The van der Waals surface area contributed by atoms with E-state index in [-0.39, 0.29) is 0 Å². The zero-order valence-corrected chi connectivity index (χ0v) is 10.3. The monoisotopic (exact) mass is 260 g/mol. The summed E-state index contributed by atoms with van der Waals surface area (Å²) in [6.45, 7) is 0.871. The molecular formula is C10H13ClN2O2S. The average Bonchev–Trinajstić information content (AvgIpc) is 2.25. The molecule has 0 saturated heterocycles. The van der Waals surface area contributed by atoms with Crippen molar-refractivity contribution < 1.29 is 8.42 Å². The van der Waals surface area contributed by atoms with E-state index in [0.717, 1.165) is 5.56 Å². The summed E-state index contributed by atoms with van der Waals surface area (Å²) >= 11 is 5.57. The molecule has 6 heteroatoms. The summed E-state index contributed by atoms with van der Waals surface area (Å²) < 4.78 is 27.6. The fourth-order valence-corrected chi connectivity index (χ4v) is 3.08. The van der Waals surface area contributed by atoms with Gasteiger partial charge >= 0.3 is 10.2 Å². The zero-order chi connectivity index (χ0) is 11.6. The molecule has 0 fully saturated rings. The summed E-state index contributed by atoms with van der Waals surface area (Å²) in [5.41, 5.74) is 1.66. The van der Waals surface area contributed by atoms with Crippen LogP contribution in [0.1, 0.15) is 12.0 Å². The lowest BCUT2D eigenvalue weighted by atomic mass is 10.2. The Morgan fingerprint density at radius 2 is 2.12 bits per heavy atom. The number of nitrogens with zero attached hydrogens (tertiary/aromatic N) is 1. The minimum absolute atomic E-state index is 0.419. The van der Waals surface area contributed by atoms with Gasteiger partial charge < -0.3 is 0 Å². The molecule has 88 valence electrons. The first-order chi connectivity index (χ1) is 7.63. The van der Waals surface area contributed by atoms with Crippen LogP contribution in [0.25, 0.3) is 0 Å². The average molecular weight is 261 g/mol. The van der Waals surface area contributed by atoms with Gasteiger partial charge in [0.1, 0.15) is 0 Å². The highest BCUT2D eigenvalue weighted by atomic mass is 35.5. The van der Waals surface area contributed by atoms with Gasteiger partial charge in [-0.3, -0.25) is 4.72 Å². The van der Waals surface area contributed by atoms with Crippen LogP contribution in [0.4, 0.5) is 5.69 Å². The van der Waals surface area contributed by atoms with E-state index in [4.69, 9.17) is 11.6 Å². The van der Waals surface area contributed by atoms with Gasteiger partial charge in [0, 0.05) is 19.0 Å². The Labute approximate surface area is 100 Å². The van der Waals surface area contributed by atoms with Crippen LogP contribution in [0.3, 0.4) is 0 Å². The molecule has 16 heavy (non-hydrogen) atoms. The molecule has 1 N–H and O–H groups in total. The predicted molar refractivity (Wildman–Crippen MR) is 64.7 cm³/mol. The van der Waals surface area contributed by atoms with Crippen molar-refractivity contribution in [3.05, 3.63) is 29.8 Å². The van der Waals surface area contributed by atoms with E-state index < -0.39 is 10.2 Å². The Kier molecular flexibility index (Phi) is 3.37. The van der Waals surface area contributed by atoms with Crippen LogP contribution in [-0.4, -0.2) is 25.1 Å². The van der Waals surface area contributed by atoms with Crippen LogP contribution < -0.4 is 4.72 Å². The molecule has 1 aliphatic heterocycles. The van der Waals surface area contributed by atoms with Crippen molar-refractivity contribution in [2.75, 3.05) is 17.1 Å². The van der Waals surface area contributed by atoms with E-state index >= 15 is 0 Å². The van der Waals surface area contributed by atoms with Gasteiger partial charge in [0.2, 0.25) is 0 Å². The lowest BCUT2D eigenvalue weighted by Gasteiger charge is -2.28. The number of para-hydroxylation sites is 1. The number of halogens is 1. The molecule has 1 aromatic carbocycles. The number of alkyl halides is 1. The normalized spacial score (nSPS) is 18.8. The van der Waals surface area contributed by atoms with Crippen molar-refractivity contribution in [3.63, 3.8) is 0 Å². The first kappa shape index (κ1) is 11.7. The molecular weight excluding hydrogens is 248 g/mol. The summed E-state index contributed by atoms with van der Waals surface area (Å²) in [7, 11) is -3.38. The van der Waals surface area contributed by atoms with E-state index in [0.29, 0.717) is 31.1 Å². The van der Waals surface area contributed by atoms with E-state index in [9.17, 15) is 8.42 Å². The molecule has 0 unspecified atom stereocenters. The lowest BCUT2D eigenvalue weighted by Crippen LogP contribution is -2.40. The largest absolute Gasteiger partial charge is 0.301 e. The molecule has 0 spiro atoms. The van der Waals surface area contributed by atoms with Gasteiger partial charge in [0.25, 0.3) is 0 Å². The first-order valence-electron chi connectivity index (χ1n) is 5.05. The van der Waals surface area contributed by atoms with Gasteiger partial charge in [-0.15, -0.1) is 11.6 Å². The Balaban J connectivity index is 2.25. The third-order valence-corrected chi connectivity index (χ3v) is 4.22. The van der Waals surface area contributed by atoms with Gasteiger partial charge in [-0.1, -0.05) is 18.2 Å². The van der Waals surface area contributed by atoms with Crippen LogP contribution in [0, 0.1) is 0 Å². The second-order valence-corrected chi connectivity index (χ2v) is 5.69. The van der Waals surface area contributed by atoms with Gasteiger partial charge in [0.15, 0.2) is 0 Å². The predicted octanol–water partition coefficient (Wildman–Crippen LogP) is 1.79. The molecule has 1 aliphatic rings. The molecule has 0 bridgehead atoms. The highest BCUT2D eigenvalue weighted by Crippen LogP contribution is 2.25. The number of benzene rings is 1. The van der Waals surface area contributed by atoms with Crippen molar-refractivity contribution in [2.24, 2.45) is 0 Å². The second kappa shape index (κ2) is 4.61. The maximum absolute atomic E-state index is 11.8. The topological polar surface area (TPSA) is 49.4 Å². The van der Waals surface area contributed by atoms with Crippen molar-refractivity contribution in [2.45, 2.75) is 13.0 Å². The van der Waals surface area contributed by atoms with E-state index in [1.807, 2.05) is 18.2 Å². The molecule has 2 rings (SSSR count). The Hall–Kier alpha value is -0.780. The van der Waals surface area contributed by atoms with Crippen LogP contribution in [-0.2, 0) is 16.8 Å². The smallest absolute Gasteiger partial charge is 0.271 e. The molecule has 1 aromatic rings. The molecule has 0 aliphatic carbocycles. The second-order valence-electron chi connectivity index (χ2n) is 3.64. The zero-order valence-electron chi connectivity index (χ0n) is 8.69. The molecule has 1 heterocycles. The number of hydrogen-bond donors (Lipinski definition) is 1. The highest BCUT2D eigenvalue weighted by molar-refractivity contribution is 7.90. The summed E-state index contributed by atoms with van der Waals surface area (Å²) in [6, 6.07) is 7.41. The van der Waals surface area contributed by atoms with Crippen molar-refractivity contribution in [1.29, 1.82) is 0 Å². The van der Waals surface area contributed by atoms with Crippen LogP contribution in [0.2, 0.25) is 0 Å². The van der Waals surface area contributed by atoms with Crippen LogP contribution >= 0.6 is 11.6 Å². The van der Waals surface area contributed by atoms with Gasteiger partial charge in [-0.25, -0.2) is 0 Å². The van der Waals surface area contributed by atoms with Gasteiger partial charge in [0.05, 0.1) is 5.69 Å². The SMILES string of the molecule is O=S1(=O)Nc2ccccc2CN1CCCCl. The molecule has 0 aromatic heterocycles. The Morgan fingerprint density at radius 3 is 2.88 bits per heavy atom. The number of anilines is 1. The van der Waals surface area contributed by atoms with E-state index in [2.05, 4.69) is 4.72 Å². The molecule has 0 saturated carbocycles. The minimum Gasteiger partial charge on any atom is -0.271 e. The molecule has 4 nitrogen and oxygen atoms in total. The minimum atomic E-state index is -3.38. The van der Waals surface area contributed by atoms with E-state index in [1.54, 1.807) is 6.07 Å². The van der Waals surface area contributed by atoms with Crippen molar-refractivity contribution in [3.8, 4) is 0 Å².